The summed E-state index contributed by atoms with van der Waals surface area (Å²) in [6, 6.07) is 4.10. The van der Waals surface area contributed by atoms with Gasteiger partial charge in [-0.05, 0) is 38.6 Å². The molecule has 1 aliphatic rings. The van der Waals surface area contributed by atoms with Crippen LogP contribution in [0, 0.1) is 0 Å². The van der Waals surface area contributed by atoms with Crippen LogP contribution in [0.1, 0.15) is 31.4 Å². The molecule has 1 atom stereocenters. The second-order valence-corrected chi connectivity index (χ2v) is 4.69. The first-order valence-corrected chi connectivity index (χ1v) is 6.25. The predicted octanol–water partition coefficient (Wildman–Crippen LogP) is 1.77. The molecule has 0 saturated carbocycles. The molecule has 0 spiro atoms. The highest BCUT2D eigenvalue weighted by Crippen LogP contribution is 2.17. The van der Waals surface area contributed by atoms with Crippen molar-refractivity contribution in [3.63, 3.8) is 0 Å². The van der Waals surface area contributed by atoms with E-state index in [9.17, 15) is 4.79 Å². The molecule has 1 saturated heterocycles. The van der Waals surface area contributed by atoms with Gasteiger partial charge in [-0.2, -0.15) is 0 Å². The molecule has 17 heavy (non-hydrogen) atoms. The van der Waals surface area contributed by atoms with Crippen molar-refractivity contribution in [2.24, 2.45) is 0 Å². The largest absolute Gasteiger partial charge is 0.467 e. The average Bonchev–Trinajstić information content (AvgIpc) is 2.82. The van der Waals surface area contributed by atoms with E-state index in [2.05, 4.69) is 17.3 Å². The Morgan fingerprint density at radius 3 is 3.18 bits per heavy atom. The second kappa shape index (κ2) is 5.87. The molecule has 1 unspecified atom stereocenters. The van der Waals surface area contributed by atoms with Crippen LogP contribution in [0.3, 0.4) is 0 Å². The van der Waals surface area contributed by atoms with Crippen LogP contribution in [-0.2, 0) is 11.3 Å². The molecule has 4 nitrogen and oxygen atoms in total. The summed E-state index contributed by atoms with van der Waals surface area (Å²) >= 11 is 0. The highest BCUT2D eigenvalue weighted by atomic mass is 16.3. The molecule has 0 radical (unpaired) electrons. The molecule has 1 aromatic heterocycles. The van der Waals surface area contributed by atoms with Crippen molar-refractivity contribution in [3.05, 3.63) is 24.2 Å². The Kier molecular flexibility index (Phi) is 4.20. The zero-order valence-electron chi connectivity index (χ0n) is 10.3. The molecule has 1 amide bonds. The molecular weight excluding hydrogens is 216 g/mol. The van der Waals surface area contributed by atoms with Crippen LogP contribution in [0.5, 0.6) is 0 Å². The Morgan fingerprint density at radius 2 is 2.47 bits per heavy atom. The van der Waals surface area contributed by atoms with Gasteiger partial charge in [-0.25, -0.2) is 0 Å². The quantitative estimate of drug-likeness (QED) is 0.866. The Balaban J connectivity index is 1.73. The fourth-order valence-electron chi connectivity index (χ4n) is 2.29. The monoisotopic (exact) mass is 236 g/mol. The molecular formula is C13H20N2O2. The number of nitrogens with zero attached hydrogens (tertiary/aromatic N) is 1. The zero-order chi connectivity index (χ0) is 12.1. The molecule has 94 valence electrons. The van der Waals surface area contributed by atoms with Gasteiger partial charge in [0.15, 0.2) is 0 Å². The lowest BCUT2D eigenvalue weighted by molar-refractivity contribution is -0.122. The third kappa shape index (κ3) is 3.60. The Bertz CT molecular complexity index is 348. The molecule has 1 N–H and O–H groups in total. The Hall–Kier alpha value is -1.29. The predicted molar refractivity (Wildman–Crippen MR) is 65.4 cm³/mol. The Labute approximate surface area is 102 Å². The molecule has 4 heteroatoms. The number of hydrogen-bond acceptors (Lipinski definition) is 3. The summed E-state index contributed by atoms with van der Waals surface area (Å²) in [7, 11) is 2.10. The van der Waals surface area contributed by atoms with Crippen molar-refractivity contribution >= 4 is 5.91 Å². The fourth-order valence-corrected chi connectivity index (χ4v) is 2.29. The van der Waals surface area contributed by atoms with Crippen LogP contribution in [0.25, 0.3) is 0 Å². The molecule has 1 fully saturated rings. The number of hydrogen-bond donors (Lipinski definition) is 1. The first-order valence-electron chi connectivity index (χ1n) is 6.25. The van der Waals surface area contributed by atoms with Crippen molar-refractivity contribution in [3.8, 4) is 0 Å². The topological polar surface area (TPSA) is 45.5 Å². The summed E-state index contributed by atoms with van der Waals surface area (Å²) in [5.41, 5.74) is 0. The number of rotatable bonds is 4. The second-order valence-electron chi connectivity index (χ2n) is 4.69. The first-order chi connectivity index (χ1) is 8.25. The minimum absolute atomic E-state index is 0.111. The van der Waals surface area contributed by atoms with Gasteiger partial charge in [-0.1, -0.05) is 6.42 Å². The van der Waals surface area contributed by atoms with E-state index >= 15 is 0 Å². The van der Waals surface area contributed by atoms with E-state index in [0.29, 0.717) is 19.0 Å². The van der Waals surface area contributed by atoms with Gasteiger partial charge in [-0.3, -0.25) is 4.79 Å². The van der Waals surface area contributed by atoms with Crippen molar-refractivity contribution in [2.45, 2.75) is 38.3 Å². The maximum atomic E-state index is 11.8. The normalized spacial score (nSPS) is 21.4. The standard InChI is InChI=1S/C13H20N2O2/c1-15-7-3-2-5-11(15)9-13(16)14-10-12-6-4-8-17-12/h4,6,8,11H,2-3,5,7,9-10H2,1H3,(H,14,16). The summed E-state index contributed by atoms with van der Waals surface area (Å²) < 4.78 is 5.17. The molecule has 1 aliphatic heterocycles. The minimum atomic E-state index is 0.111. The van der Waals surface area contributed by atoms with E-state index in [4.69, 9.17) is 4.42 Å². The van der Waals surface area contributed by atoms with Crippen molar-refractivity contribution in [1.29, 1.82) is 0 Å². The number of furan rings is 1. The zero-order valence-corrected chi connectivity index (χ0v) is 10.3. The highest BCUT2D eigenvalue weighted by Gasteiger charge is 2.21. The number of carbonyl (C=O) groups excluding carboxylic acids is 1. The third-order valence-electron chi connectivity index (χ3n) is 3.38. The van der Waals surface area contributed by atoms with E-state index in [0.717, 1.165) is 18.7 Å². The maximum Gasteiger partial charge on any atom is 0.221 e. The van der Waals surface area contributed by atoms with E-state index < -0.39 is 0 Å². The van der Waals surface area contributed by atoms with Crippen LogP contribution in [0.2, 0.25) is 0 Å². The van der Waals surface area contributed by atoms with E-state index in [-0.39, 0.29) is 5.91 Å². The molecule has 0 aliphatic carbocycles. The van der Waals surface area contributed by atoms with Gasteiger partial charge < -0.3 is 14.6 Å². The SMILES string of the molecule is CN1CCCCC1CC(=O)NCc1ccco1. The summed E-state index contributed by atoms with van der Waals surface area (Å²) in [5, 5.41) is 2.89. The smallest absolute Gasteiger partial charge is 0.221 e. The molecule has 1 aromatic rings. The van der Waals surface area contributed by atoms with Gasteiger partial charge in [0.05, 0.1) is 12.8 Å². The first kappa shape index (κ1) is 12.2. The summed E-state index contributed by atoms with van der Waals surface area (Å²) in [6.45, 7) is 1.60. The number of nitrogens with one attached hydrogen (secondary N) is 1. The van der Waals surface area contributed by atoms with Gasteiger partial charge in [0.1, 0.15) is 5.76 Å². The van der Waals surface area contributed by atoms with E-state index in [1.165, 1.54) is 12.8 Å². The van der Waals surface area contributed by atoms with Gasteiger partial charge in [0, 0.05) is 12.5 Å². The maximum absolute atomic E-state index is 11.8. The molecule has 0 bridgehead atoms. The van der Waals surface area contributed by atoms with Crippen molar-refractivity contribution in [2.75, 3.05) is 13.6 Å². The van der Waals surface area contributed by atoms with Gasteiger partial charge >= 0.3 is 0 Å². The van der Waals surface area contributed by atoms with E-state index in [1.807, 2.05) is 12.1 Å². The average molecular weight is 236 g/mol. The lowest BCUT2D eigenvalue weighted by Gasteiger charge is -2.31. The third-order valence-corrected chi connectivity index (χ3v) is 3.38. The lowest BCUT2D eigenvalue weighted by Crippen LogP contribution is -2.40. The highest BCUT2D eigenvalue weighted by molar-refractivity contribution is 5.76. The van der Waals surface area contributed by atoms with Gasteiger partial charge in [0.2, 0.25) is 5.91 Å². The molecule has 2 rings (SSSR count). The van der Waals surface area contributed by atoms with Crippen molar-refractivity contribution < 1.29 is 9.21 Å². The fraction of sp³-hybridized carbons (Fsp3) is 0.615. The van der Waals surface area contributed by atoms with Crippen LogP contribution in [0.15, 0.2) is 22.8 Å². The van der Waals surface area contributed by atoms with E-state index in [1.54, 1.807) is 6.26 Å². The Morgan fingerprint density at radius 1 is 1.59 bits per heavy atom. The number of piperidine rings is 1. The number of likely N-dealkylation sites (tertiary alicyclic amines) is 1. The van der Waals surface area contributed by atoms with Gasteiger partial charge in [0.25, 0.3) is 0 Å². The summed E-state index contributed by atoms with van der Waals surface area (Å²) in [6.07, 6.45) is 5.83. The van der Waals surface area contributed by atoms with Crippen LogP contribution in [-0.4, -0.2) is 30.4 Å². The van der Waals surface area contributed by atoms with Crippen LogP contribution in [0.4, 0.5) is 0 Å². The number of carbonyl (C=O) groups is 1. The van der Waals surface area contributed by atoms with Crippen molar-refractivity contribution in [1.82, 2.24) is 10.2 Å². The summed E-state index contributed by atoms with van der Waals surface area (Å²) in [4.78, 5) is 14.1. The summed E-state index contributed by atoms with van der Waals surface area (Å²) in [5.74, 6) is 0.912. The molecule has 0 aromatic carbocycles. The van der Waals surface area contributed by atoms with Crippen LogP contribution < -0.4 is 5.32 Å². The number of amides is 1. The molecule has 2 heterocycles. The minimum Gasteiger partial charge on any atom is -0.467 e. The lowest BCUT2D eigenvalue weighted by atomic mass is 10.00. The van der Waals surface area contributed by atoms with Crippen LogP contribution >= 0.6 is 0 Å². The van der Waals surface area contributed by atoms with Gasteiger partial charge in [-0.15, -0.1) is 0 Å².